The minimum absolute atomic E-state index is 0.141. The van der Waals surface area contributed by atoms with Gasteiger partial charge in [-0.25, -0.2) is 9.97 Å². The van der Waals surface area contributed by atoms with E-state index in [0.29, 0.717) is 27.0 Å². The second-order valence-electron chi connectivity index (χ2n) is 5.06. The van der Waals surface area contributed by atoms with Crippen LogP contribution < -0.4 is 16.2 Å². The maximum Gasteiger partial charge on any atom is 0.258 e. The summed E-state index contributed by atoms with van der Waals surface area (Å²) in [6.45, 7) is 0.141. The molecule has 0 spiro atoms. The van der Waals surface area contributed by atoms with Crippen LogP contribution in [0.3, 0.4) is 0 Å². The average molecular weight is 361 g/mol. The van der Waals surface area contributed by atoms with Gasteiger partial charge in [-0.05, 0) is 24.3 Å². The van der Waals surface area contributed by atoms with Gasteiger partial charge in [0.1, 0.15) is 6.61 Å². The van der Waals surface area contributed by atoms with Gasteiger partial charge in [0, 0.05) is 26.9 Å². The van der Waals surface area contributed by atoms with Crippen molar-refractivity contribution in [1.82, 2.24) is 9.97 Å². The molecule has 0 aliphatic carbocycles. The molecule has 0 unspecified atom stereocenters. The zero-order chi connectivity index (χ0) is 17.1. The lowest BCUT2D eigenvalue weighted by molar-refractivity contribution is 0.295. The molecule has 0 saturated carbocycles. The minimum Gasteiger partial charge on any atom is -0.470 e. The molecule has 3 aromatic rings. The Morgan fingerprint density at radius 2 is 1.62 bits per heavy atom. The summed E-state index contributed by atoms with van der Waals surface area (Å²) < 4.78 is 5.68. The third kappa shape index (κ3) is 3.53. The van der Waals surface area contributed by atoms with Gasteiger partial charge in [0.25, 0.3) is 5.88 Å². The lowest BCUT2D eigenvalue weighted by Crippen LogP contribution is -2.04. The number of hydrogen-bond donors (Lipinski definition) is 2. The standard InChI is InChI=1S/C17H14Cl2N4O/c18-13-2-1-3-14(19)12(13)9-24-17-16(21)22-8-15(23-17)10-4-6-11(20)7-5-10/h1-8H,9,20H2,(H2,21,22). The molecule has 5 nitrogen and oxygen atoms in total. The molecular weight excluding hydrogens is 347 g/mol. The summed E-state index contributed by atoms with van der Waals surface area (Å²) in [7, 11) is 0. The zero-order valence-corrected chi connectivity index (χ0v) is 14.1. The molecule has 0 saturated heterocycles. The Labute approximate surface area is 149 Å². The largest absolute Gasteiger partial charge is 0.470 e. The van der Waals surface area contributed by atoms with Crippen LogP contribution in [0.15, 0.2) is 48.7 Å². The molecule has 122 valence electrons. The van der Waals surface area contributed by atoms with Gasteiger partial charge in [-0.2, -0.15) is 0 Å². The third-order valence-corrected chi connectivity index (χ3v) is 4.10. The normalized spacial score (nSPS) is 10.6. The molecule has 1 heterocycles. The van der Waals surface area contributed by atoms with E-state index in [-0.39, 0.29) is 18.3 Å². The van der Waals surface area contributed by atoms with E-state index in [1.165, 1.54) is 0 Å². The van der Waals surface area contributed by atoms with Crippen LogP contribution in [0.4, 0.5) is 11.5 Å². The van der Waals surface area contributed by atoms with Crippen molar-refractivity contribution in [2.75, 3.05) is 11.5 Å². The van der Waals surface area contributed by atoms with Crippen molar-refractivity contribution < 1.29 is 4.74 Å². The molecule has 4 N–H and O–H groups in total. The highest BCUT2D eigenvalue weighted by atomic mass is 35.5. The summed E-state index contributed by atoms with van der Waals surface area (Å²) in [6, 6.07) is 12.5. The van der Waals surface area contributed by atoms with Crippen LogP contribution in [0.25, 0.3) is 11.3 Å². The molecule has 0 aliphatic rings. The first-order chi connectivity index (χ1) is 11.5. The van der Waals surface area contributed by atoms with E-state index in [2.05, 4.69) is 9.97 Å². The van der Waals surface area contributed by atoms with E-state index in [1.807, 2.05) is 12.1 Å². The molecule has 2 aromatic carbocycles. The fourth-order valence-electron chi connectivity index (χ4n) is 2.09. The number of ether oxygens (including phenoxy) is 1. The summed E-state index contributed by atoms with van der Waals surface area (Å²) in [5, 5.41) is 1.03. The van der Waals surface area contributed by atoms with Crippen molar-refractivity contribution in [3.63, 3.8) is 0 Å². The number of aromatic nitrogens is 2. The number of nitrogen functional groups attached to an aromatic ring is 2. The number of anilines is 2. The number of nitrogens with two attached hydrogens (primary N) is 2. The van der Waals surface area contributed by atoms with Gasteiger partial charge >= 0.3 is 0 Å². The average Bonchev–Trinajstić information content (AvgIpc) is 2.57. The number of benzene rings is 2. The molecule has 24 heavy (non-hydrogen) atoms. The fraction of sp³-hybridized carbons (Fsp3) is 0.0588. The highest BCUT2D eigenvalue weighted by Gasteiger charge is 2.11. The number of nitrogens with zero attached hydrogens (tertiary/aromatic N) is 2. The van der Waals surface area contributed by atoms with Crippen molar-refractivity contribution in [3.8, 4) is 17.1 Å². The third-order valence-electron chi connectivity index (χ3n) is 3.39. The molecule has 3 rings (SSSR count). The molecule has 0 aliphatic heterocycles. The predicted molar refractivity (Wildman–Crippen MR) is 97.1 cm³/mol. The predicted octanol–water partition coefficient (Wildman–Crippen LogP) is 4.19. The summed E-state index contributed by atoms with van der Waals surface area (Å²) in [5.74, 6) is 0.415. The molecule has 0 atom stereocenters. The Balaban J connectivity index is 1.86. The van der Waals surface area contributed by atoms with Crippen LogP contribution >= 0.6 is 23.2 Å². The van der Waals surface area contributed by atoms with Crippen LogP contribution in [0.5, 0.6) is 5.88 Å². The molecular formula is C17H14Cl2N4O. The highest BCUT2D eigenvalue weighted by Crippen LogP contribution is 2.28. The van der Waals surface area contributed by atoms with E-state index < -0.39 is 0 Å². The van der Waals surface area contributed by atoms with Gasteiger partial charge in [-0.1, -0.05) is 41.4 Å². The van der Waals surface area contributed by atoms with Crippen molar-refractivity contribution >= 4 is 34.7 Å². The van der Waals surface area contributed by atoms with E-state index >= 15 is 0 Å². The van der Waals surface area contributed by atoms with Gasteiger partial charge in [0.2, 0.25) is 0 Å². The minimum atomic E-state index is 0.141. The Morgan fingerprint density at radius 3 is 2.29 bits per heavy atom. The van der Waals surface area contributed by atoms with Gasteiger partial charge in [0.15, 0.2) is 5.82 Å². The maximum absolute atomic E-state index is 6.13. The van der Waals surface area contributed by atoms with Crippen molar-refractivity contribution in [1.29, 1.82) is 0 Å². The number of halogens is 2. The van der Waals surface area contributed by atoms with E-state index in [1.54, 1.807) is 36.5 Å². The summed E-state index contributed by atoms with van der Waals surface area (Å²) >= 11 is 12.3. The quantitative estimate of drug-likeness (QED) is 0.681. The second-order valence-corrected chi connectivity index (χ2v) is 5.87. The van der Waals surface area contributed by atoms with E-state index in [4.69, 9.17) is 39.4 Å². The van der Waals surface area contributed by atoms with E-state index in [0.717, 1.165) is 5.56 Å². The fourth-order valence-corrected chi connectivity index (χ4v) is 2.60. The van der Waals surface area contributed by atoms with Crippen molar-refractivity contribution in [2.45, 2.75) is 6.61 Å². The van der Waals surface area contributed by atoms with Gasteiger partial charge < -0.3 is 16.2 Å². The lowest BCUT2D eigenvalue weighted by atomic mass is 10.1. The number of hydrogen-bond acceptors (Lipinski definition) is 5. The van der Waals surface area contributed by atoms with Crippen molar-refractivity contribution in [3.05, 3.63) is 64.3 Å². The Hall–Kier alpha value is -2.50. The molecule has 0 radical (unpaired) electrons. The van der Waals surface area contributed by atoms with Crippen molar-refractivity contribution in [2.24, 2.45) is 0 Å². The van der Waals surface area contributed by atoms with Crippen LogP contribution in [0, 0.1) is 0 Å². The molecule has 0 amide bonds. The zero-order valence-electron chi connectivity index (χ0n) is 12.5. The molecule has 0 bridgehead atoms. The van der Waals surface area contributed by atoms with Crippen LogP contribution in [-0.4, -0.2) is 9.97 Å². The summed E-state index contributed by atoms with van der Waals surface area (Å²) in [6.07, 6.45) is 1.58. The molecule has 7 heteroatoms. The highest BCUT2D eigenvalue weighted by molar-refractivity contribution is 6.35. The first-order valence-corrected chi connectivity index (χ1v) is 7.84. The lowest BCUT2D eigenvalue weighted by Gasteiger charge is -2.11. The Kier molecular flexibility index (Phi) is 4.74. The summed E-state index contributed by atoms with van der Waals surface area (Å²) in [5.41, 5.74) is 14.4. The van der Waals surface area contributed by atoms with Crippen LogP contribution in [-0.2, 0) is 6.61 Å². The van der Waals surface area contributed by atoms with Gasteiger partial charge in [0.05, 0.1) is 11.9 Å². The van der Waals surface area contributed by atoms with Crippen LogP contribution in [0.2, 0.25) is 10.0 Å². The molecule has 0 fully saturated rings. The summed E-state index contributed by atoms with van der Waals surface area (Å²) in [4.78, 5) is 8.54. The monoisotopic (exact) mass is 360 g/mol. The Bertz CT molecular complexity index is 849. The molecule has 1 aromatic heterocycles. The first kappa shape index (κ1) is 16.4. The van der Waals surface area contributed by atoms with Gasteiger partial charge in [-0.15, -0.1) is 0 Å². The van der Waals surface area contributed by atoms with E-state index in [9.17, 15) is 0 Å². The van der Waals surface area contributed by atoms with Crippen LogP contribution in [0.1, 0.15) is 5.56 Å². The Morgan fingerprint density at radius 1 is 0.958 bits per heavy atom. The topological polar surface area (TPSA) is 87.0 Å². The maximum atomic E-state index is 6.13. The second kappa shape index (κ2) is 6.95. The SMILES string of the molecule is Nc1ccc(-c2cnc(N)c(OCc3c(Cl)cccc3Cl)n2)cc1. The first-order valence-electron chi connectivity index (χ1n) is 7.08. The smallest absolute Gasteiger partial charge is 0.258 e. The number of rotatable bonds is 4. The van der Waals surface area contributed by atoms with Gasteiger partial charge in [-0.3, -0.25) is 0 Å².